The van der Waals surface area contributed by atoms with Crippen molar-refractivity contribution in [3.05, 3.63) is 48.0 Å². The Balaban J connectivity index is 0.00000320. The zero-order chi connectivity index (χ0) is 20.3. The Morgan fingerprint density at radius 1 is 1.17 bits per heavy atom. The summed E-state index contributed by atoms with van der Waals surface area (Å²) >= 11 is 0. The lowest BCUT2D eigenvalue weighted by Crippen LogP contribution is -2.43. The third-order valence-corrected chi connectivity index (χ3v) is 5.44. The second-order valence-electron chi connectivity index (χ2n) is 7.55. The van der Waals surface area contributed by atoms with Crippen molar-refractivity contribution in [1.29, 1.82) is 0 Å². The molecule has 3 rings (SSSR count). The Kier molecular flexibility index (Phi) is 11.1. The Labute approximate surface area is 197 Å². The Morgan fingerprint density at radius 3 is 2.77 bits per heavy atom. The zero-order valence-electron chi connectivity index (χ0n) is 18.3. The van der Waals surface area contributed by atoms with Crippen molar-refractivity contribution in [1.82, 2.24) is 30.3 Å². The summed E-state index contributed by atoms with van der Waals surface area (Å²) < 4.78 is 2.10. The van der Waals surface area contributed by atoms with Gasteiger partial charge in [-0.05, 0) is 31.9 Å². The van der Waals surface area contributed by atoms with Gasteiger partial charge >= 0.3 is 0 Å². The number of halogens is 1. The Hall–Kier alpha value is -1.68. The first kappa shape index (κ1) is 24.6. The molecule has 0 spiro atoms. The van der Waals surface area contributed by atoms with Crippen LogP contribution in [0.1, 0.15) is 44.5 Å². The summed E-state index contributed by atoms with van der Waals surface area (Å²) in [7, 11) is 0. The molecule has 1 atom stereocenters. The van der Waals surface area contributed by atoms with E-state index in [2.05, 4.69) is 74.5 Å². The summed E-state index contributed by atoms with van der Waals surface area (Å²) in [4.78, 5) is 7.50. The van der Waals surface area contributed by atoms with E-state index in [0.29, 0.717) is 6.04 Å². The predicted molar refractivity (Wildman–Crippen MR) is 133 cm³/mol. The van der Waals surface area contributed by atoms with E-state index in [-0.39, 0.29) is 24.0 Å². The van der Waals surface area contributed by atoms with Gasteiger partial charge in [-0.3, -0.25) is 9.89 Å². The van der Waals surface area contributed by atoms with Crippen LogP contribution in [0.4, 0.5) is 0 Å². The van der Waals surface area contributed by atoms with Gasteiger partial charge in [0.2, 0.25) is 0 Å². The molecule has 1 unspecified atom stereocenters. The van der Waals surface area contributed by atoms with Crippen LogP contribution in [0.3, 0.4) is 0 Å². The largest absolute Gasteiger partial charge is 0.357 e. The van der Waals surface area contributed by atoms with Crippen LogP contribution in [-0.4, -0.2) is 57.8 Å². The first-order chi connectivity index (χ1) is 14.3. The standard InChI is InChI=1S/C22H35N7.HI/c1-3-21-27-26-18-29(21)15-13-24-22(23-4-2)25-16-20-12-8-9-14-28(20)17-19-10-6-5-7-11-19;/h5-7,10-11,18,20H,3-4,8-9,12-17H2,1-2H3,(H2,23,24,25);1H. The highest BCUT2D eigenvalue weighted by atomic mass is 127. The smallest absolute Gasteiger partial charge is 0.191 e. The maximum Gasteiger partial charge on any atom is 0.191 e. The summed E-state index contributed by atoms with van der Waals surface area (Å²) in [6, 6.07) is 11.3. The van der Waals surface area contributed by atoms with Gasteiger partial charge in [0.05, 0.1) is 6.54 Å². The highest BCUT2D eigenvalue weighted by molar-refractivity contribution is 14.0. The van der Waals surface area contributed by atoms with E-state index in [1.165, 1.54) is 24.8 Å². The summed E-state index contributed by atoms with van der Waals surface area (Å²) in [6.45, 7) is 9.70. The quantitative estimate of drug-likeness (QED) is 0.299. The molecule has 1 fully saturated rings. The molecule has 8 heteroatoms. The number of benzene rings is 1. The molecule has 0 saturated carbocycles. The van der Waals surface area contributed by atoms with Crippen LogP contribution in [0, 0.1) is 0 Å². The molecule has 166 valence electrons. The molecule has 0 bridgehead atoms. The van der Waals surface area contributed by atoms with E-state index in [1.807, 2.05) is 0 Å². The molecule has 1 aromatic carbocycles. The Bertz CT molecular complexity index is 747. The number of piperidine rings is 1. The van der Waals surface area contributed by atoms with Crippen molar-refractivity contribution in [2.24, 2.45) is 4.99 Å². The molecule has 1 aromatic heterocycles. The summed E-state index contributed by atoms with van der Waals surface area (Å²) in [5.41, 5.74) is 1.38. The molecule has 0 amide bonds. The number of hydrogen-bond acceptors (Lipinski definition) is 4. The first-order valence-electron chi connectivity index (χ1n) is 11.0. The average molecular weight is 525 g/mol. The SMILES string of the molecule is CCNC(=NCC1CCCCN1Cc1ccccc1)NCCn1cnnc1CC.I. The number of likely N-dealkylation sites (tertiary alicyclic amines) is 1. The van der Waals surface area contributed by atoms with Gasteiger partial charge in [0.1, 0.15) is 12.2 Å². The third-order valence-electron chi connectivity index (χ3n) is 5.44. The Morgan fingerprint density at radius 2 is 2.00 bits per heavy atom. The van der Waals surface area contributed by atoms with Crippen molar-refractivity contribution < 1.29 is 0 Å². The predicted octanol–water partition coefficient (Wildman–Crippen LogP) is 3.07. The second kappa shape index (κ2) is 13.6. The van der Waals surface area contributed by atoms with Crippen LogP contribution in [0.2, 0.25) is 0 Å². The third kappa shape index (κ3) is 7.54. The molecule has 2 N–H and O–H groups in total. The summed E-state index contributed by atoms with van der Waals surface area (Å²) in [5, 5.41) is 15.0. The highest BCUT2D eigenvalue weighted by Gasteiger charge is 2.22. The van der Waals surface area contributed by atoms with Gasteiger partial charge in [-0.25, -0.2) is 0 Å². The molecule has 1 saturated heterocycles. The van der Waals surface area contributed by atoms with E-state index in [1.54, 1.807) is 6.33 Å². The number of guanidine groups is 1. The fourth-order valence-electron chi connectivity index (χ4n) is 3.87. The molecule has 30 heavy (non-hydrogen) atoms. The number of aryl methyl sites for hydroxylation is 1. The molecule has 1 aliphatic heterocycles. The zero-order valence-corrected chi connectivity index (χ0v) is 20.6. The maximum absolute atomic E-state index is 4.90. The minimum absolute atomic E-state index is 0. The van der Waals surface area contributed by atoms with Crippen LogP contribution >= 0.6 is 24.0 Å². The lowest BCUT2D eigenvalue weighted by Gasteiger charge is -2.35. The topological polar surface area (TPSA) is 70.4 Å². The number of aliphatic imine (C=N–C) groups is 1. The summed E-state index contributed by atoms with van der Waals surface area (Å²) in [5.74, 6) is 1.91. The van der Waals surface area contributed by atoms with E-state index in [9.17, 15) is 0 Å². The van der Waals surface area contributed by atoms with Gasteiger partial charge in [-0.2, -0.15) is 0 Å². The number of nitrogens with one attached hydrogen (secondary N) is 2. The van der Waals surface area contributed by atoms with Crippen molar-refractivity contribution in [2.75, 3.05) is 26.2 Å². The van der Waals surface area contributed by atoms with E-state index in [4.69, 9.17) is 4.99 Å². The molecule has 2 aromatic rings. The van der Waals surface area contributed by atoms with Crippen molar-refractivity contribution in [3.63, 3.8) is 0 Å². The average Bonchev–Trinajstić information content (AvgIpc) is 3.21. The minimum Gasteiger partial charge on any atom is -0.357 e. The van der Waals surface area contributed by atoms with Gasteiger partial charge in [-0.1, -0.05) is 43.7 Å². The van der Waals surface area contributed by atoms with Crippen LogP contribution in [0.5, 0.6) is 0 Å². The molecule has 1 aliphatic rings. The van der Waals surface area contributed by atoms with Gasteiger partial charge in [-0.15, -0.1) is 34.2 Å². The monoisotopic (exact) mass is 525 g/mol. The van der Waals surface area contributed by atoms with E-state index < -0.39 is 0 Å². The normalized spacial score (nSPS) is 17.4. The van der Waals surface area contributed by atoms with Crippen LogP contribution in [0.15, 0.2) is 41.7 Å². The molecular formula is C22H36IN7. The molecule has 7 nitrogen and oxygen atoms in total. The van der Waals surface area contributed by atoms with Crippen LogP contribution < -0.4 is 10.6 Å². The molecule has 0 radical (unpaired) electrons. The van der Waals surface area contributed by atoms with Gasteiger partial charge < -0.3 is 15.2 Å². The fourth-order valence-corrected chi connectivity index (χ4v) is 3.87. The van der Waals surface area contributed by atoms with Gasteiger partial charge in [0.25, 0.3) is 0 Å². The summed E-state index contributed by atoms with van der Waals surface area (Å²) in [6.07, 6.45) is 6.49. The minimum atomic E-state index is 0. The van der Waals surface area contributed by atoms with Crippen LogP contribution in [0.25, 0.3) is 0 Å². The van der Waals surface area contributed by atoms with Crippen molar-refractivity contribution in [3.8, 4) is 0 Å². The lowest BCUT2D eigenvalue weighted by atomic mass is 10.0. The van der Waals surface area contributed by atoms with Crippen molar-refractivity contribution >= 4 is 29.9 Å². The van der Waals surface area contributed by atoms with E-state index >= 15 is 0 Å². The lowest BCUT2D eigenvalue weighted by molar-refractivity contribution is 0.145. The molecular weight excluding hydrogens is 489 g/mol. The number of rotatable bonds is 9. The second-order valence-corrected chi connectivity index (χ2v) is 7.55. The van der Waals surface area contributed by atoms with Gasteiger partial charge in [0, 0.05) is 38.6 Å². The molecule has 2 heterocycles. The fraction of sp³-hybridized carbons (Fsp3) is 0.591. The number of aromatic nitrogens is 3. The molecule has 0 aliphatic carbocycles. The highest BCUT2D eigenvalue weighted by Crippen LogP contribution is 2.20. The maximum atomic E-state index is 4.90. The number of hydrogen-bond donors (Lipinski definition) is 2. The van der Waals surface area contributed by atoms with Gasteiger partial charge in [0.15, 0.2) is 5.96 Å². The number of nitrogens with zero attached hydrogens (tertiary/aromatic N) is 5. The first-order valence-corrected chi connectivity index (χ1v) is 11.0. The van der Waals surface area contributed by atoms with E-state index in [0.717, 1.165) is 57.5 Å². The van der Waals surface area contributed by atoms with Crippen molar-refractivity contribution in [2.45, 2.75) is 58.7 Å². The van der Waals surface area contributed by atoms with Crippen LogP contribution in [-0.2, 0) is 19.5 Å².